The van der Waals surface area contributed by atoms with E-state index in [4.69, 9.17) is 38.9 Å². The van der Waals surface area contributed by atoms with Crippen molar-refractivity contribution >= 4 is 111 Å². The van der Waals surface area contributed by atoms with Crippen LogP contribution in [0.2, 0.25) is 0 Å². The molecule has 2 aliphatic heterocycles. The number of benzene rings is 4. The van der Waals surface area contributed by atoms with E-state index in [2.05, 4.69) is 57.7 Å². The van der Waals surface area contributed by atoms with E-state index in [1.54, 1.807) is 87.8 Å². The monoisotopic (exact) mass is 1900 g/mol. The van der Waals surface area contributed by atoms with Crippen molar-refractivity contribution in [3.05, 3.63) is 154 Å². The lowest BCUT2D eigenvalue weighted by Gasteiger charge is -2.36. The van der Waals surface area contributed by atoms with Crippen molar-refractivity contribution in [2.75, 3.05) is 45.0 Å². The summed E-state index contributed by atoms with van der Waals surface area (Å²) in [7, 11) is -2.90. The number of hydrogen-bond acceptors (Lipinski definition) is 23. The first-order valence-electron chi connectivity index (χ1n) is 42.8. The van der Waals surface area contributed by atoms with Crippen LogP contribution in [0.25, 0.3) is 43.2 Å². The molecule has 10 atom stereocenters. The number of nitrogens with one attached hydrogen (secondary N) is 6. The molecule has 131 heavy (non-hydrogen) atoms. The highest BCUT2D eigenvalue weighted by Crippen LogP contribution is 2.51. The number of sulfonamides is 2. The number of ether oxygens (including phenoxy) is 4. The number of carbonyl (C=O) groups is 6. The fourth-order valence-electron chi connectivity index (χ4n) is 16.1. The summed E-state index contributed by atoms with van der Waals surface area (Å²) in [5.74, 6) is -2.55. The molecule has 37 heteroatoms. The molecule has 14 rings (SSSR count). The van der Waals surface area contributed by atoms with E-state index < -0.39 is 141 Å². The third-order valence-corrected chi connectivity index (χ3v) is 31.2. The van der Waals surface area contributed by atoms with Gasteiger partial charge >= 0.3 is 18.3 Å². The third kappa shape index (κ3) is 21.7. The molecule has 4 aromatic carbocycles. The Hall–Kier alpha value is -10.5. The molecule has 27 nitrogen and oxygen atoms in total. The van der Waals surface area contributed by atoms with Crippen molar-refractivity contribution in [3.63, 3.8) is 0 Å². The fraction of sp³-hybridized carbons (Fsp3) is 0.511. The minimum absolute atomic E-state index is 0. The van der Waals surface area contributed by atoms with E-state index in [1.807, 2.05) is 74.7 Å². The lowest BCUT2D eigenvalue weighted by molar-refractivity contribution is -0.141. The Morgan fingerprint density at radius 2 is 0.939 bits per heavy atom. The number of anilines is 2. The Bertz CT molecular complexity index is 6000. The van der Waals surface area contributed by atoms with Crippen molar-refractivity contribution in [1.29, 1.82) is 0 Å². The molecule has 710 valence electrons. The fourth-order valence-corrected chi connectivity index (χ4v) is 20.6. The van der Waals surface area contributed by atoms with Gasteiger partial charge in [0.05, 0.1) is 69.8 Å². The number of halogens is 6. The highest BCUT2D eigenvalue weighted by molar-refractivity contribution is 7.92. The molecule has 2 saturated heterocycles. The zero-order valence-corrected chi connectivity index (χ0v) is 79.5. The number of nitrogens with zero attached hydrogens (tertiary/aromatic N) is 6. The summed E-state index contributed by atoms with van der Waals surface area (Å²) in [6.07, 6.45) is -4.76. The zero-order chi connectivity index (χ0) is 95.8. The van der Waals surface area contributed by atoms with Gasteiger partial charge in [-0.2, -0.15) is 26.3 Å². The molecule has 4 aliphatic carbocycles. The number of pyridine rings is 2. The topological polar surface area (TPSA) is 358 Å². The van der Waals surface area contributed by atoms with Gasteiger partial charge in [0.25, 0.3) is 11.8 Å². The van der Waals surface area contributed by atoms with E-state index in [1.165, 1.54) is 59.6 Å². The normalized spacial score (nSPS) is 21.9. The van der Waals surface area contributed by atoms with Crippen molar-refractivity contribution in [3.8, 4) is 44.4 Å². The van der Waals surface area contributed by atoms with Gasteiger partial charge in [-0.3, -0.25) is 38.3 Å². The maximum Gasteiger partial charge on any atom is 0.416 e. The summed E-state index contributed by atoms with van der Waals surface area (Å²) in [6, 6.07) is 14.0. The predicted octanol–water partition coefficient (Wildman–Crippen LogP) is 16.9. The number of carbonyl (C=O) groups excluding carboxylic acids is 5. The Kier molecular flexibility index (Phi) is 28.9. The lowest BCUT2D eigenvalue weighted by Crippen LogP contribution is -2.59. The number of carboxylic acid groups (broad SMARTS) is 1. The van der Waals surface area contributed by atoms with Crippen LogP contribution in [-0.4, -0.2) is 178 Å². The number of thiazole rings is 2. The van der Waals surface area contributed by atoms with Crippen LogP contribution in [0.15, 0.2) is 109 Å². The average molecular weight is 1900 g/mol. The van der Waals surface area contributed by atoms with Gasteiger partial charge in [0.2, 0.25) is 37.8 Å². The second-order valence-electron chi connectivity index (χ2n) is 38.1. The molecule has 0 bridgehead atoms. The molecule has 6 fully saturated rings. The van der Waals surface area contributed by atoms with Gasteiger partial charge < -0.3 is 50.2 Å². The number of fused-ring (bicyclic) bond motifs is 2. The molecule has 6 heterocycles. The predicted molar refractivity (Wildman–Crippen MR) is 495 cm³/mol. The molecule has 0 unspecified atom stereocenters. The lowest BCUT2D eigenvalue weighted by atomic mass is 9.85. The van der Waals surface area contributed by atoms with E-state index in [0.717, 1.165) is 68.4 Å². The van der Waals surface area contributed by atoms with Crippen molar-refractivity contribution < 1.29 is 96.0 Å². The minimum atomic E-state index is -4.65. The summed E-state index contributed by atoms with van der Waals surface area (Å²) in [6.45, 7) is 36.7. The number of aromatic nitrogens is 4. The smallest absolute Gasteiger partial charge is 0.416 e. The van der Waals surface area contributed by atoms with Gasteiger partial charge in [-0.25, -0.2) is 41.6 Å². The SMILES string of the molecule is C.C=C[C@@H]1C[C@]1(NC(=O)[C@@H]1C[C@@H](Oc2cc(-c3nc(C(C)C)cs3)nc3c(C)c(OC)ccc23)CN1C(=O)[C@@H](Nc1cc(C)cc(C(F)(F)F)c1)C(C)(C)C)C(=O)NS(=O)(=O)C1(C)CC1.C=C[C@@H]1C[C@]1(NC(=O)[C@@H]1C[C@@H](Oc2cc(-c3nc(C(C)C)cs3)nc3c(C)c(OC)ccc23)CN1C)C(=O)NS(=O)(=O)C1(C)CC1.Cc1cc(N[C@H](C(=O)O)C(C)(C)C)cc(C(F)(F)F)c1. The molecule has 4 aromatic heterocycles. The van der Waals surface area contributed by atoms with Crippen LogP contribution in [0, 0.1) is 50.4 Å². The van der Waals surface area contributed by atoms with Crippen LogP contribution in [0.1, 0.15) is 198 Å². The molecule has 4 saturated carbocycles. The minimum Gasteiger partial charge on any atom is -0.496 e. The zero-order valence-electron chi connectivity index (χ0n) is 76.2. The van der Waals surface area contributed by atoms with Gasteiger partial charge in [0.1, 0.15) is 85.8 Å². The van der Waals surface area contributed by atoms with Crippen molar-refractivity contribution in [1.82, 2.24) is 49.8 Å². The number of likely N-dealkylation sites (tertiary alicyclic amines) is 2. The number of methoxy groups -OCH3 is 2. The summed E-state index contributed by atoms with van der Waals surface area (Å²) in [4.78, 5) is 105. The molecule has 7 N–H and O–H groups in total. The second-order valence-corrected chi connectivity index (χ2v) is 44.3. The Balaban J connectivity index is 0.000000214. The Morgan fingerprint density at radius 3 is 1.28 bits per heavy atom. The number of hydrogen-bond donors (Lipinski definition) is 7. The number of aryl methyl sites for hydroxylation is 4. The first kappa shape index (κ1) is 101. The molecular weight excluding hydrogens is 1780 g/mol. The molecule has 0 spiro atoms. The number of aliphatic carboxylic acids is 1. The van der Waals surface area contributed by atoms with Crippen molar-refractivity contribution in [2.45, 2.75) is 251 Å². The van der Waals surface area contributed by atoms with E-state index in [0.29, 0.717) is 101 Å². The Morgan fingerprint density at radius 1 is 0.557 bits per heavy atom. The first-order chi connectivity index (χ1) is 60.4. The van der Waals surface area contributed by atoms with Gasteiger partial charge in [-0.1, -0.05) is 88.8 Å². The van der Waals surface area contributed by atoms with E-state index in [-0.39, 0.29) is 68.0 Å². The van der Waals surface area contributed by atoms with E-state index in [9.17, 15) is 72.3 Å². The van der Waals surface area contributed by atoms with Gasteiger partial charge in [0, 0.05) is 87.4 Å². The average Bonchev–Trinajstić information content (AvgIpc) is 1.57. The van der Waals surface area contributed by atoms with Gasteiger partial charge in [-0.05, 0) is 182 Å². The summed E-state index contributed by atoms with van der Waals surface area (Å²) < 4.78 is 159. The maximum atomic E-state index is 15.0. The van der Waals surface area contributed by atoms with Crippen LogP contribution >= 0.6 is 22.7 Å². The number of likely N-dealkylation sites (N-methyl/N-ethyl adjacent to an activating group) is 1. The molecule has 6 aliphatic rings. The van der Waals surface area contributed by atoms with Crippen molar-refractivity contribution in [2.24, 2.45) is 22.7 Å². The summed E-state index contributed by atoms with van der Waals surface area (Å²) in [5.41, 5.74) is 0.839. The molecular formula is C94H118F6N12O15S4. The molecule has 0 radical (unpaired) electrons. The number of rotatable bonds is 28. The summed E-state index contributed by atoms with van der Waals surface area (Å²) in [5, 5.41) is 27.6. The molecule has 8 aromatic rings. The van der Waals surface area contributed by atoms with Crippen LogP contribution in [-0.2, 0) is 61.2 Å². The Labute approximate surface area is 769 Å². The standard InChI is InChI=1S/C46H55F3N6O7S2.C33H41N5O6S2.C14H18F3NO2.CH4/c1-11-27-21-45(27,42(58)54-64(59,60)44(9)14-15-44)53-39(56)34-19-30(22-55(34)41(57)38(43(6,7)8)50-29-17-25(4)16-28(18-29)46(47,48)49)62-36-20-32(40-52-33(23-63-40)24(2)3)51-37-26(5)35(61-10)13-12-31(36)37;1-8-20-15-33(20,31(40)37-46(41,42)32(5)11-12-32)36-29(39)25-13-21(16-38(25)6)44-27-14-23(30-35-24(17-45-30)18(2)3)34-28-19(4)26(43-7)10-9-22(27)28;1-8-5-9(14(15,16)17)7-10(6-8)18-11(12(19)20)13(2,3)4;/h11-13,16-18,20,23-24,27,30,34,38,50H,1,14-15,19,21-22H2,2-10H3,(H,53,56)(H,54,58);8-10,14,17-18,20-21,25H,1,11-13,15-16H2,2-7H3,(H,36,39)(H,37,40);5-7,11,18H,1-4H3,(H,19,20);1H4/t27-,30-,34+,38-,45-;20-,21-,25+,33-;11-;/m111./s1. The van der Waals surface area contributed by atoms with Crippen LogP contribution < -0.4 is 49.7 Å². The quantitative estimate of drug-likeness (QED) is 0.0177. The number of amides is 5. The number of alkyl halides is 6. The largest absolute Gasteiger partial charge is 0.496 e. The highest BCUT2D eigenvalue weighted by Gasteiger charge is 2.65. The second kappa shape index (κ2) is 37.5. The molecule has 5 amide bonds. The van der Waals surface area contributed by atoms with Crippen LogP contribution in [0.4, 0.5) is 37.7 Å². The van der Waals surface area contributed by atoms with Crippen LogP contribution in [0.3, 0.4) is 0 Å². The van der Waals surface area contributed by atoms with Gasteiger partial charge in [0.15, 0.2) is 0 Å². The maximum absolute atomic E-state index is 15.0. The first-order valence-corrected chi connectivity index (χ1v) is 47.5. The van der Waals surface area contributed by atoms with Crippen LogP contribution in [0.5, 0.6) is 23.0 Å². The third-order valence-electron chi connectivity index (χ3n) is 25.1. The van der Waals surface area contributed by atoms with Gasteiger partial charge in [-0.15, -0.1) is 35.8 Å². The number of carboxylic acids is 1. The summed E-state index contributed by atoms with van der Waals surface area (Å²) >= 11 is 2.97. The highest BCUT2D eigenvalue weighted by atomic mass is 32.2. The van der Waals surface area contributed by atoms with E-state index >= 15 is 4.79 Å².